The number of fused-ring (bicyclic) bond motifs is 1. The third kappa shape index (κ3) is 2.18. The first kappa shape index (κ1) is 18.2. The van der Waals surface area contributed by atoms with E-state index in [-0.39, 0.29) is 23.3 Å². The number of carbonyl (C=O) groups is 2. The summed E-state index contributed by atoms with van der Waals surface area (Å²) in [4.78, 5) is 25.8. The van der Waals surface area contributed by atoms with Crippen molar-refractivity contribution >= 4 is 28.3 Å². The Morgan fingerprint density at radius 2 is 1.67 bits per heavy atom. The molecule has 4 aliphatic carbocycles. The van der Waals surface area contributed by atoms with Crippen LogP contribution in [0.3, 0.4) is 0 Å². The summed E-state index contributed by atoms with van der Waals surface area (Å²) in [5.74, 6) is 1.38. The fourth-order valence-electron chi connectivity index (χ4n) is 7.46. The number of nitrogens with zero attached hydrogens (tertiary/aromatic N) is 2. The summed E-state index contributed by atoms with van der Waals surface area (Å²) in [5, 5.41) is 6.65. The average Bonchev–Trinajstić information content (AvgIpc) is 2.71. The Balaban J connectivity index is 1.42. The van der Waals surface area contributed by atoms with Crippen LogP contribution in [0.15, 0.2) is 42.5 Å². The molecule has 4 saturated carbocycles. The normalized spacial score (nSPS) is 36.3. The first-order valence-corrected chi connectivity index (χ1v) is 11.2. The Bertz CT molecular complexity index is 1060. The lowest BCUT2D eigenvalue weighted by Crippen LogP contribution is -2.80. The number of hydrazine groups is 1. The lowest BCUT2D eigenvalue weighted by Gasteiger charge is -2.67. The summed E-state index contributed by atoms with van der Waals surface area (Å²) in [6, 6.07) is 14.9. The molecule has 5 aliphatic rings. The van der Waals surface area contributed by atoms with Crippen molar-refractivity contribution in [2.75, 3.05) is 5.01 Å². The van der Waals surface area contributed by atoms with Crippen molar-refractivity contribution < 1.29 is 9.59 Å². The topological polar surface area (TPSA) is 66.6 Å². The van der Waals surface area contributed by atoms with E-state index < -0.39 is 5.54 Å². The first-order valence-electron chi connectivity index (χ1n) is 11.2. The van der Waals surface area contributed by atoms with E-state index in [1.165, 1.54) is 10.8 Å². The van der Waals surface area contributed by atoms with Gasteiger partial charge in [0.1, 0.15) is 5.54 Å². The van der Waals surface area contributed by atoms with Gasteiger partial charge in [0.15, 0.2) is 0 Å². The van der Waals surface area contributed by atoms with Crippen LogP contribution in [0.25, 0.3) is 10.8 Å². The zero-order valence-electron chi connectivity index (χ0n) is 17.7. The molecule has 5 heteroatoms. The summed E-state index contributed by atoms with van der Waals surface area (Å²) < 4.78 is 0. The van der Waals surface area contributed by atoms with Crippen molar-refractivity contribution in [3.63, 3.8) is 0 Å². The smallest absolute Gasteiger partial charge is 0.268 e. The number of rotatable bonds is 3. The molecule has 1 heterocycles. The predicted molar refractivity (Wildman–Crippen MR) is 116 cm³/mol. The molecule has 0 aromatic heterocycles. The van der Waals surface area contributed by atoms with Crippen molar-refractivity contribution in [1.29, 1.82) is 0 Å². The van der Waals surface area contributed by atoms with Gasteiger partial charge in [0.25, 0.3) is 5.91 Å². The second-order valence-electron chi connectivity index (χ2n) is 10.6. The van der Waals surface area contributed by atoms with Crippen LogP contribution in [0.4, 0.5) is 5.69 Å². The molecular formula is C25H29N3O2. The molecule has 0 spiro atoms. The Hall–Kier alpha value is -2.56. The average molecular weight is 404 g/mol. The van der Waals surface area contributed by atoms with Crippen LogP contribution < -0.4 is 10.7 Å². The Kier molecular flexibility index (Phi) is 3.51. The predicted octanol–water partition coefficient (Wildman–Crippen LogP) is 3.86. The number of anilines is 1. The van der Waals surface area contributed by atoms with Gasteiger partial charge in [0.05, 0.1) is 11.7 Å². The van der Waals surface area contributed by atoms with Crippen LogP contribution >= 0.6 is 0 Å². The molecule has 0 radical (unpaired) electrons. The lowest BCUT2D eigenvalue weighted by atomic mass is 9.47. The van der Waals surface area contributed by atoms with Crippen molar-refractivity contribution in [3.05, 3.63) is 42.5 Å². The maximum Gasteiger partial charge on any atom is 0.268 e. The minimum Gasteiger partial charge on any atom is -0.369 e. The van der Waals surface area contributed by atoms with Crippen LogP contribution in [0.1, 0.15) is 46.0 Å². The third-order valence-corrected chi connectivity index (χ3v) is 8.50. The number of hydrogen-bond donors (Lipinski definition) is 1. The molecule has 5 nitrogen and oxygen atoms in total. The fraction of sp³-hybridized carbons (Fsp3) is 0.520. The molecule has 30 heavy (non-hydrogen) atoms. The zero-order chi connectivity index (χ0) is 20.8. The molecule has 2 unspecified atom stereocenters. The molecule has 2 aromatic carbocycles. The molecule has 2 amide bonds. The molecule has 156 valence electrons. The Morgan fingerprint density at radius 1 is 1.00 bits per heavy atom. The van der Waals surface area contributed by atoms with Gasteiger partial charge in [-0.15, -0.1) is 0 Å². The van der Waals surface area contributed by atoms with E-state index in [1.54, 1.807) is 0 Å². The number of carbonyl (C=O) groups excluding carboxylic acids is 2. The summed E-state index contributed by atoms with van der Waals surface area (Å²) in [6.45, 7) is 4.04. The van der Waals surface area contributed by atoms with E-state index in [4.69, 9.17) is 5.73 Å². The fourth-order valence-corrected chi connectivity index (χ4v) is 7.46. The summed E-state index contributed by atoms with van der Waals surface area (Å²) in [7, 11) is 0. The SMILES string of the molecule is CC1(C)C(=O)N([C@@H]2C3CC4C[C@H]2C[C@](C(N)=O)(C4)C3)N1c1cccc2ccccc12. The van der Waals surface area contributed by atoms with E-state index in [0.717, 1.165) is 37.8 Å². The number of amides is 2. The lowest BCUT2D eigenvalue weighted by molar-refractivity contribution is -0.179. The van der Waals surface area contributed by atoms with E-state index in [1.807, 2.05) is 13.8 Å². The van der Waals surface area contributed by atoms with Gasteiger partial charge in [0.2, 0.25) is 5.91 Å². The highest BCUT2D eigenvalue weighted by Gasteiger charge is 2.65. The molecule has 1 aliphatic heterocycles. The van der Waals surface area contributed by atoms with E-state index in [0.29, 0.717) is 17.8 Å². The van der Waals surface area contributed by atoms with Crippen LogP contribution in [0, 0.1) is 23.2 Å². The molecule has 7 rings (SSSR count). The van der Waals surface area contributed by atoms with Crippen LogP contribution in [-0.4, -0.2) is 28.4 Å². The van der Waals surface area contributed by atoms with E-state index in [2.05, 4.69) is 52.5 Å². The second-order valence-corrected chi connectivity index (χ2v) is 10.6. The summed E-state index contributed by atoms with van der Waals surface area (Å²) in [5.41, 5.74) is 6.07. The monoisotopic (exact) mass is 403 g/mol. The number of benzene rings is 2. The third-order valence-electron chi connectivity index (χ3n) is 8.50. The van der Waals surface area contributed by atoms with Crippen LogP contribution in [0.5, 0.6) is 0 Å². The standard InChI is InChI=1S/C25H29N3O2/c1-24(2)23(30)27(28(24)20-9-5-7-16-6-3-4-8-19(16)20)21-17-10-15-11-18(21)14-25(12-15,13-17)22(26)29/h3-9,15,17-18,21H,10-14H2,1-2H3,(H2,26,29)/t15?,17-,18?,21-,25+/m0/s1. The van der Waals surface area contributed by atoms with Gasteiger partial charge in [-0.1, -0.05) is 36.4 Å². The van der Waals surface area contributed by atoms with Crippen molar-refractivity contribution in [2.45, 2.75) is 57.5 Å². The molecule has 5 atom stereocenters. The van der Waals surface area contributed by atoms with E-state index in [9.17, 15) is 9.59 Å². The van der Waals surface area contributed by atoms with E-state index >= 15 is 0 Å². The first-order chi connectivity index (χ1) is 14.3. The summed E-state index contributed by atoms with van der Waals surface area (Å²) in [6.07, 6.45) is 4.86. The van der Waals surface area contributed by atoms with Gasteiger partial charge >= 0.3 is 0 Å². The molecule has 2 aromatic rings. The highest BCUT2D eigenvalue weighted by Crippen LogP contribution is 2.62. The van der Waals surface area contributed by atoms with Gasteiger partial charge in [-0.05, 0) is 75.2 Å². The number of nitrogens with two attached hydrogens (primary N) is 1. The van der Waals surface area contributed by atoms with Crippen molar-refractivity contribution in [1.82, 2.24) is 5.01 Å². The summed E-state index contributed by atoms with van der Waals surface area (Å²) >= 11 is 0. The van der Waals surface area contributed by atoms with Gasteiger partial charge < -0.3 is 5.73 Å². The zero-order valence-corrected chi connectivity index (χ0v) is 17.7. The maximum atomic E-state index is 13.4. The quantitative estimate of drug-likeness (QED) is 0.846. The van der Waals surface area contributed by atoms with Crippen LogP contribution in [0.2, 0.25) is 0 Å². The number of primary amides is 1. The number of hydrogen-bond acceptors (Lipinski definition) is 3. The Labute approximate surface area is 177 Å². The van der Waals surface area contributed by atoms with Gasteiger partial charge in [0, 0.05) is 10.8 Å². The Morgan fingerprint density at radius 3 is 2.37 bits per heavy atom. The largest absolute Gasteiger partial charge is 0.369 e. The van der Waals surface area contributed by atoms with Crippen molar-refractivity contribution in [2.24, 2.45) is 28.9 Å². The van der Waals surface area contributed by atoms with Gasteiger partial charge in [-0.2, -0.15) is 0 Å². The minimum atomic E-state index is -0.569. The van der Waals surface area contributed by atoms with Crippen LogP contribution in [-0.2, 0) is 9.59 Å². The van der Waals surface area contributed by atoms with Gasteiger partial charge in [-0.3, -0.25) is 14.6 Å². The molecular weight excluding hydrogens is 374 g/mol. The van der Waals surface area contributed by atoms with Gasteiger partial charge in [-0.25, -0.2) is 5.01 Å². The molecule has 5 fully saturated rings. The minimum absolute atomic E-state index is 0.124. The highest BCUT2D eigenvalue weighted by atomic mass is 16.2. The van der Waals surface area contributed by atoms with Crippen molar-refractivity contribution in [3.8, 4) is 0 Å². The second kappa shape index (κ2) is 5.77. The molecule has 1 saturated heterocycles. The maximum absolute atomic E-state index is 13.4. The molecule has 2 N–H and O–H groups in total. The molecule has 4 bridgehead atoms. The highest BCUT2D eigenvalue weighted by molar-refractivity contribution is 6.03.